The van der Waals surface area contributed by atoms with Gasteiger partial charge in [-0.3, -0.25) is 0 Å². The van der Waals surface area contributed by atoms with E-state index in [9.17, 15) is 8.78 Å². The molecule has 17 heavy (non-hydrogen) atoms. The van der Waals surface area contributed by atoms with Crippen LogP contribution in [0.2, 0.25) is 5.02 Å². The molecule has 0 atom stereocenters. The van der Waals surface area contributed by atoms with Crippen molar-refractivity contribution in [2.24, 2.45) is 10.9 Å². The molecule has 0 radical (unpaired) electrons. The Labute approximate surface area is 102 Å². The Bertz CT molecular complexity index is 426. The number of nitrogens with zero attached hydrogens (tertiary/aromatic N) is 2. The summed E-state index contributed by atoms with van der Waals surface area (Å²) in [5.41, 5.74) is 6.27. The van der Waals surface area contributed by atoms with Crippen LogP contribution in [0.15, 0.2) is 23.4 Å². The fraction of sp³-hybridized carbons (Fsp3) is 0.300. The Hall–Kier alpha value is -1.56. The summed E-state index contributed by atoms with van der Waals surface area (Å²) < 4.78 is 24.4. The number of amidine groups is 1. The molecule has 4 nitrogen and oxygen atoms in total. The normalized spacial score (nSPS) is 11.9. The molecule has 0 unspecified atom stereocenters. The SMILES string of the molecule is CN(CC(F)F)c1ccc(/C(N)=N/O)c(Cl)c1. The van der Waals surface area contributed by atoms with Gasteiger partial charge >= 0.3 is 0 Å². The van der Waals surface area contributed by atoms with Crippen LogP contribution in [0.3, 0.4) is 0 Å². The first-order chi connectivity index (χ1) is 7.95. The molecule has 0 aliphatic heterocycles. The largest absolute Gasteiger partial charge is 0.409 e. The van der Waals surface area contributed by atoms with Crippen LogP contribution in [-0.2, 0) is 0 Å². The first kappa shape index (κ1) is 13.5. The average Bonchev–Trinajstić information content (AvgIpc) is 2.27. The van der Waals surface area contributed by atoms with Gasteiger partial charge in [-0.25, -0.2) is 8.78 Å². The zero-order valence-corrected chi connectivity index (χ0v) is 9.83. The molecule has 1 aromatic rings. The van der Waals surface area contributed by atoms with Crippen LogP contribution in [-0.4, -0.2) is 31.1 Å². The highest BCUT2D eigenvalue weighted by atomic mass is 35.5. The van der Waals surface area contributed by atoms with Crippen LogP contribution in [0.1, 0.15) is 5.56 Å². The Morgan fingerprint density at radius 2 is 2.24 bits per heavy atom. The van der Waals surface area contributed by atoms with Gasteiger partial charge in [0.05, 0.1) is 11.6 Å². The molecule has 0 aliphatic rings. The van der Waals surface area contributed by atoms with Crippen LogP contribution in [0.4, 0.5) is 14.5 Å². The number of alkyl halides is 2. The van der Waals surface area contributed by atoms with Gasteiger partial charge in [-0.2, -0.15) is 0 Å². The molecule has 0 fully saturated rings. The summed E-state index contributed by atoms with van der Waals surface area (Å²) in [6, 6.07) is 4.56. The second kappa shape index (κ2) is 5.67. The summed E-state index contributed by atoms with van der Waals surface area (Å²) in [7, 11) is 1.53. The minimum atomic E-state index is -2.43. The highest BCUT2D eigenvalue weighted by Crippen LogP contribution is 2.23. The van der Waals surface area contributed by atoms with Gasteiger partial charge in [-0.1, -0.05) is 16.8 Å². The quantitative estimate of drug-likeness (QED) is 0.379. The zero-order valence-electron chi connectivity index (χ0n) is 9.07. The maximum Gasteiger partial charge on any atom is 0.255 e. The van der Waals surface area contributed by atoms with Gasteiger partial charge in [0.1, 0.15) is 0 Å². The van der Waals surface area contributed by atoms with Crippen molar-refractivity contribution in [1.29, 1.82) is 0 Å². The Balaban J connectivity index is 2.96. The van der Waals surface area contributed by atoms with Gasteiger partial charge in [0.25, 0.3) is 6.43 Å². The molecular weight excluding hydrogens is 252 g/mol. The highest BCUT2D eigenvalue weighted by Gasteiger charge is 2.11. The van der Waals surface area contributed by atoms with Crippen molar-refractivity contribution in [3.8, 4) is 0 Å². The van der Waals surface area contributed by atoms with E-state index < -0.39 is 6.43 Å². The number of nitrogens with two attached hydrogens (primary N) is 1. The number of hydrogen-bond donors (Lipinski definition) is 2. The molecule has 0 saturated heterocycles. The van der Waals surface area contributed by atoms with Crippen molar-refractivity contribution in [3.05, 3.63) is 28.8 Å². The van der Waals surface area contributed by atoms with Crippen LogP contribution in [0, 0.1) is 0 Å². The maximum atomic E-state index is 12.2. The summed E-state index contributed by atoms with van der Waals surface area (Å²) in [6.07, 6.45) is -2.43. The number of anilines is 1. The molecule has 1 aromatic carbocycles. The maximum absolute atomic E-state index is 12.2. The predicted octanol–water partition coefficient (Wildman–Crippen LogP) is 2.14. The number of halogens is 3. The van der Waals surface area contributed by atoms with Gasteiger partial charge in [0.2, 0.25) is 0 Å². The highest BCUT2D eigenvalue weighted by molar-refractivity contribution is 6.34. The molecule has 0 amide bonds. The Morgan fingerprint density at radius 3 is 2.71 bits per heavy atom. The van der Waals surface area contributed by atoms with E-state index in [4.69, 9.17) is 22.5 Å². The number of oxime groups is 1. The van der Waals surface area contributed by atoms with E-state index >= 15 is 0 Å². The topological polar surface area (TPSA) is 61.8 Å². The number of rotatable bonds is 4. The van der Waals surface area contributed by atoms with Crippen molar-refractivity contribution in [1.82, 2.24) is 0 Å². The summed E-state index contributed by atoms with van der Waals surface area (Å²) in [5.74, 6) is -0.127. The molecule has 94 valence electrons. The van der Waals surface area contributed by atoms with Crippen LogP contribution in [0.5, 0.6) is 0 Å². The molecule has 3 N–H and O–H groups in total. The fourth-order valence-electron chi connectivity index (χ4n) is 1.32. The number of benzene rings is 1. The van der Waals surface area contributed by atoms with E-state index in [1.54, 1.807) is 6.07 Å². The second-order valence-electron chi connectivity index (χ2n) is 3.42. The summed E-state index contributed by atoms with van der Waals surface area (Å²) in [5, 5.41) is 11.6. The number of hydrogen-bond acceptors (Lipinski definition) is 3. The van der Waals surface area contributed by atoms with Gasteiger partial charge < -0.3 is 15.8 Å². The molecule has 0 aliphatic carbocycles. The average molecular weight is 264 g/mol. The van der Waals surface area contributed by atoms with Crippen molar-refractivity contribution in [2.75, 3.05) is 18.5 Å². The lowest BCUT2D eigenvalue weighted by molar-refractivity contribution is 0.156. The lowest BCUT2D eigenvalue weighted by atomic mass is 10.2. The van der Waals surface area contributed by atoms with Gasteiger partial charge in [-0.15, -0.1) is 0 Å². The molecule has 0 bridgehead atoms. The smallest absolute Gasteiger partial charge is 0.255 e. The molecule has 0 saturated carbocycles. The lowest BCUT2D eigenvalue weighted by Crippen LogP contribution is -2.24. The summed E-state index contributed by atoms with van der Waals surface area (Å²) >= 11 is 5.90. The van der Waals surface area contributed by atoms with E-state index in [2.05, 4.69) is 5.16 Å². The molecule has 0 spiro atoms. The van der Waals surface area contributed by atoms with E-state index in [-0.39, 0.29) is 17.4 Å². The second-order valence-corrected chi connectivity index (χ2v) is 3.83. The van der Waals surface area contributed by atoms with Crippen molar-refractivity contribution < 1.29 is 14.0 Å². The van der Waals surface area contributed by atoms with Crippen LogP contribution >= 0.6 is 11.6 Å². The lowest BCUT2D eigenvalue weighted by Gasteiger charge is -2.19. The van der Waals surface area contributed by atoms with Crippen LogP contribution < -0.4 is 10.6 Å². The van der Waals surface area contributed by atoms with Crippen molar-refractivity contribution in [2.45, 2.75) is 6.43 Å². The summed E-state index contributed by atoms with van der Waals surface area (Å²) in [6.45, 7) is -0.390. The standard InChI is InChI=1S/C10H12ClF2N3O/c1-16(5-9(12)13)6-2-3-7(8(11)4-6)10(14)15-17/h2-4,9,17H,5H2,1H3,(H2,14,15). The van der Waals surface area contributed by atoms with E-state index in [0.717, 1.165) is 0 Å². The Kier molecular flexibility index (Phi) is 4.51. The minimum absolute atomic E-state index is 0.127. The minimum Gasteiger partial charge on any atom is -0.409 e. The molecule has 1 rings (SSSR count). The van der Waals surface area contributed by atoms with Crippen LogP contribution in [0.25, 0.3) is 0 Å². The predicted molar refractivity (Wildman–Crippen MR) is 63.2 cm³/mol. The molecule has 0 aromatic heterocycles. The van der Waals surface area contributed by atoms with Crippen molar-refractivity contribution >= 4 is 23.1 Å². The third-order valence-corrected chi connectivity index (χ3v) is 2.50. The zero-order chi connectivity index (χ0) is 13.0. The fourth-order valence-corrected chi connectivity index (χ4v) is 1.59. The molecule has 0 heterocycles. The van der Waals surface area contributed by atoms with E-state index in [1.165, 1.54) is 24.1 Å². The first-order valence-corrected chi connectivity index (χ1v) is 5.10. The molecule has 7 heteroatoms. The third kappa shape index (κ3) is 3.45. The van der Waals surface area contributed by atoms with Gasteiger partial charge in [0.15, 0.2) is 5.84 Å². The van der Waals surface area contributed by atoms with E-state index in [1.807, 2.05) is 0 Å². The molecular formula is C10H12ClF2N3O. The van der Waals surface area contributed by atoms with Gasteiger partial charge in [0, 0.05) is 18.3 Å². The monoisotopic (exact) mass is 263 g/mol. The third-order valence-electron chi connectivity index (χ3n) is 2.19. The Morgan fingerprint density at radius 1 is 1.59 bits per heavy atom. The first-order valence-electron chi connectivity index (χ1n) is 4.72. The summed E-state index contributed by atoms with van der Waals surface area (Å²) in [4.78, 5) is 1.37. The van der Waals surface area contributed by atoms with E-state index in [0.29, 0.717) is 11.3 Å². The van der Waals surface area contributed by atoms with Crippen molar-refractivity contribution in [3.63, 3.8) is 0 Å². The van der Waals surface area contributed by atoms with Gasteiger partial charge in [-0.05, 0) is 18.2 Å².